The van der Waals surface area contributed by atoms with Crippen molar-refractivity contribution >= 4 is 33.6 Å². The average Bonchev–Trinajstić information content (AvgIpc) is 3.07. The first-order valence-electron chi connectivity index (χ1n) is 10.8. The summed E-state index contributed by atoms with van der Waals surface area (Å²) in [5, 5.41) is 3.41. The van der Waals surface area contributed by atoms with Crippen molar-refractivity contribution in [3.8, 4) is 0 Å². The molecule has 0 bridgehead atoms. The number of rotatable bonds is 9. The molecule has 0 amide bonds. The number of halogens is 2. The molecule has 2 N–H and O–H groups in total. The van der Waals surface area contributed by atoms with E-state index in [1.165, 1.54) is 22.5 Å². The van der Waals surface area contributed by atoms with E-state index >= 15 is 0 Å². The van der Waals surface area contributed by atoms with Crippen molar-refractivity contribution in [2.24, 2.45) is 0 Å². The summed E-state index contributed by atoms with van der Waals surface area (Å²) in [4.78, 5) is 8.71. The Morgan fingerprint density at radius 2 is 2.00 bits per heavy atom. The summed E-state index contributed by atoms with van der Waals surface area (Å²) in [7, 11) is -3.75. The van der Waals surface area contributed by atoms with Gasteiger partial charge < -0.3 is 14.8 Å². The lowest BCUT2D eigenvalue weighted by Crippen LogP contribution is -2.45. The predicted molar refractivity (Wildman–Crippen MR) is 125 cm³/mol. The zero-order valence-corrected chi connectivity index (χ0v) is 20.7. The third-order valence-corrected chi connectivity index (χ3v) is 7.85. The van der Waals surface area contributed by atoms with Crippen LogP contribution in [0.2, 0.25) is 0 Å². The maximum atomic E-state index is 14.1. The second-order valence-corrected chi connectivity index (χ2v) is 11.2. The molecule has 2 aliphatic rings. The zero-order chi connectivity index (χ0) is 24.5. The molecule has 3 heterocycles. The Labute approximate surface area is 201 Å². The van der Waals surface area contributed by atoms with Gasteiger partial charge in [0.2, 0.25) is 0 Å². The van der Waals surface area contributed by atoms with Gasteiger partial charge in [-0.25, -0.2) is 18.7 Å². The van der Waals surface area contributed by atoms with E-state index in [1.807, 2.05) is 20.8 Å². The minimum absolute atomic E-state index is 0.0642. The van der Waals surface area contributed by atoms with Gasteiger partial charge in [-0.3, -0.25) is 4.72 Å². The van der Waals surface area contributed by atoms with E-state index in [1.54, 1.807) is 0 Å². The largest absolute Gasteiger partial charge is 0.365 e. The van der Waals surface area contributed by atoms with Crippen molar-refractivity contribution in [3.05, 3.63) is 41.5 Å². The molecule has 0 spiro atoms. The molecule has 2 atom stereocenters. The predicted octanol–water partition coefficient (Wildman–Crippen LogP) is 3.36. The molecule has 0 saturated carbocycles. The van der Waals surface area contributed by atoms with Gasteiger partial charge in [-0.15, -0.1) is 0 Å². The molecule has 34 heavy (non-hydrogen) atoms. The van der Waals surface area contributed by atoms with E-state index in [-0.39, 0.29) is 34.4 Å². The van der Waals surface area contributed by atoms with Gasteiger partial charge in [0.1, 0.15) is 17.7 Å². The van der Waals surface area contributed by atoms with Crippen LogP contribution in [0.5, 0.6) is 0 Å². The smallest absolute Gasteiger partial charge is 0.302 e. The maximum absolute atomic E-state index is 14.1. The second kappa shape index (κ2) is 9.90. The first-order chi connectivity index (χ1) is 16.0. The van der Waals surface area contributed by atoms with Crippen LogP contribution in [-0.4, -0.2) is 60.3 Å². The lowest BCUT2D eigenvalue weighted by molar-refractivity contribution is -0.139. The number of thioether (sulfide) groups is 1. The van der Waals surface area contributed by atoms with Gasteiger partial charge in [-0.1, -0.05) is 23.9 Å². The van der Waals surface area contributed by atoms with Crippen LogP contribution < -0.4 is 10.0 Å². The highest BCUT2D eigenvalue weighted by Gasteiger charge is 2.36. The number of anilines is 2. The van der Waals surface area contributed by atoms with Gasteiger partial charge in [0.25, 0.3) is 0 Å². The van der Waals surface area contributed by atoms with Gasteiger partial charge in [-0.2, -0.15) is 12.7 Å². The Morgan fingerprint density at radius 3 is 2.65 bits per heavy atom. The van der Waals surface area contributed by atoms with Crippen LogP contribution in [0.25, 0.3) is 0 Å². The standard InChI is InChI=1S/C21H27F2N5O4S2/c1-13(16-11-31-21(2,3)32-16)24-17-10-18(27-34(29,30)28-8-5-9-28)26-20(25-17)33-12-14-6-4-7-15(22)19(14)23/h4,6-7,10,13,16H,5,8-9,11-12H2,1-3H3,(H2,24,25,26,27)/t13-,16-/m0/s1. The van der Waals surface area contributed by atoms with Crippen LogP contribution >= 0.6 is 11.8 Å². The number of hydrogen-bond donors (Lipinski definition) is 2. The van der Waals surface area contributed by atoms with Crippen molar-refractivity contribution in [3.63, 3.8) is 0 Å². The summed E-state index contributed by atoms with van der Waals surface area (Å²) < 4.78 is 68.0. The third-order valence-electron chi connectivity index (χ3n) is 5.45. The number of benzene rings is 1. The summed E-state index contributed by atoms with van der Waals surface area (Å²) in [5.74, 6) is -2.07. The summed E-state index contributed by atoms with van der Waals surface area (Å²) in [6, 6.07) is 5.22. The molecular weight excluding hydrogens is 488 g/mol. The molecule has 0 radical (unpaired) electrons. The first kappa shape index (κ1) is 25.0. The van der Waals surface area contributed by atoms with Gasteiger partial charge >= 0.3 is 10.2 Å². The van der Waals surface area contributed by atoms with E-state index in [2.05, 4.69) is 20.0 Å². The van der Waals surface area contributed by atoms with Crippen LogP contribution in [0.3, 0.4) is 0 Å². The molecule has 186 valence electrons. The monoisotopic (exact) mass is 515 g/mol. The van der Waals surface area contributed by atoms with Gasteiger partial charge in [0.05, 0.1) is 12.6 Å². The van der Waals surface area contributed by atoms with Gasteiger partial charge in [0.15, 0.2) is 22.6 Å². The molecule has 4 rings (SSSR count). The highest BCUT2D eigenvalue weighted by Crippen LogP contribution is 2.28. The highest BCUT2D eigenvalue weighted by atomic mass is 32.2. The number of aromatic nitrogens is 2. The quantitative estimate of drug-likeness (QED) is 0.387. The number of hydrogen-bond acceptors (Lipinski definition) is 8. The van der Waals surface area contributed by atoms with E-state index in [0.717, 1.165) is 24.2 Å². The summed E-state index contributed by atoms with van der Waals surface area (Å²) in [6.07, 6.45) is 0.554. The van der Waals surface area contributed by atoms with Crippen molar-refractivity contribution in [2.75, 3.05) is 29.7 Å². The summed E-state index contributed by atoms with van der Waals surface area (Å²) in [5.41, 5.74) is 0.154. The summed E-state index contributed by atoms with van der Waals surface area (Å²) in [6.45, 7) is 6.83. The molecule has 0 aliphatic carbocycles. The van der Waals surface area contributed by atoms with Crippen LogP contribution in [0.15, 0.2) is 29.4 Å². The lowest BCUT2D eigenvalue weighted by Gasteiger charge is -2.29. The van der Waals surface area contributed by atoms with E-state index < -0.39 is 27.6 Å². The Balaban J connectivity index is 1.54. The maximum Gasteiger partial charge on any atom is 0.302 e. The molecule has 9 nitrogen and oxygen atoms in total. The molecule has 0 unspecified atom stereocenters. The van der Waals surface area contributed by atoms with Crippen LogP contribution in [0, 0.1) is 11.6 Å². The molecule has 1 aromatic carbocycles. The number of nitrogens with zero attached hydrogens (tertiary/aromatic N) is 3. The van der Waals surface area contributed by atoms with Crippen molar-refractivity contribution in [1.82, 2.24) is 14.3 Å². The molecule has 1 aromatic heterocycles. The molecule has 2 aromatic rings. The first-order valence-corrected chi connectivity index (χ1v) is 13.3. The normalized spacial score (nSPS) is 21.1. The van der Waals surface area contributed by atoms with E-state index in [9.17, 15) is 17.2 Å². The fraction of sp³-hybridized carbons (Fsp3) is 0.524. The molecule has 13 heteroatoms. The molecule has 2 aliphatic heterocycles. The minimum Gasteiger partial charge on any atom is -0.365 e. The Morgan fingerprint density at radius 1 is 1.26 bits per heavy atom. The minimum atomic E-state index is -3.75. The Bertz CT molecular complexity index is 1150. The molecule has 2 fully saturated rings. The number of nitrogens with one attached hydrogen (secondary N) is 2. The second-order valence-electron chi connectivity index (χ2n) is 8.58. The van der Waals surface area contributed by atoms with Crippen molar-refractivity contribution < 1.29 is 26.7 Å². The van der Waals surface area contributed by atoms with Crippen molar-refractivity contribution in [1.29, 1.82) is 0 Å². The average molecular weight is 516 g/mol. The fourth-order valence-electron chi connectivity index (χ4n) is 3.43. The van der Waals surface area contributed by atoms with Crippen LogP contribution in [0.4, 0.5) is 20.4 Å². The van der Waals surface area contributed by atoms with E-state index in [4.69, 9.17) is 9.47 Å². The third kappa shape index (κ3) is 5.95. The van der Waals surface area contributed by atoms with Gasteiger partial charge in [-0.05, 0) is 33.3 Å². The number of ether oxygens (including phenoxy) is 2. The topological polar surface area (TPSA) is 106 Å². The van der Waals surface area contributed by atoms with E-state index in [0.29, 0.717) is 25.5 Å². The Hall–Kier alpha value is -2.06. The SMILES string of the molecule is C[C@H](Nc1cc(NS(=O)(=O)N2CCC2)nc(SCc2cccc(F)c2F)n1)[C@@H]1COC(C)(C)O1. The van der Waals surface area contributed by atoms with Crippen LogP contribution in [0.1, 0.15) is 32.8 Å². The molecular formula is C21H27F2N5O4S2. The Kier molecular flexibility index (Phi) is 7.29. The van der Waals surface area contributed by atoms with Crippen LogP contribution in [-0.2, 0) is 25.4 Å². The highest BCUT2D eigenvalue weighted by molar-refractivity contribution is 7.98. The van der Waals surface area contributed by atoms with Crippen molar-refractivity contribution in [2.45, 2.75) is 56.0 Å². The zero-order valence-electron chi connectivity index (χ0n) is 19.0. The lowest BCUT2D eigenvalue weighted by atomic mass is 10.2. The fourth-order valence-corrected chi connectivity index (χ4v) is 5.50. The molecule has 2 saturated heterocycles. The van der Waals surface area contributed by atoms with Gasteiger partial charge in [0, 0.05) is 30.5 Å². The summed E-state index contributed by atoms with van der Waals surface area (Å²) >= 11 is 1.06.